The lowest BCUT2D eigenvalue weighted by molar-refractivity contribution is -0.380. The van der Waals surface area contributed by atoms with Gasteiger partial charge in [-0.3, -0.25) is 10.1 Å². The SMILES string of the molecule is CC(=Cc1csc([N+](=O)[O-])c1)C(C)N. The summed E-state index contributed by atoms with van der Waals surface area (Å²) in [6.45, 7) is 3.79. The van der Waals surface area contributed by atoms with Crippen molar-refractivity contribution < 1.29 is 4.92 Å². The van der Waals surface area contributed by atoms with Gasteiger partial charge in [0.2, 0.25) is 0 Å². The summed E-state index contributed by atoms with van der Waals surface area (Å²) in [5, 5.41) is 12.3. The molecule has 0 saturated heterocycles. The van der Waals surface area contributed by atoms with Gasteiger partial charge in [-0.1, -0.05) is 23.0 Å². The lowest BCUT2D eigenvalue weighted by Crippen LogP contribution is -2.15. The van der Waals surface area contributed by atoms with E-state index in [0.29, 0.717) is 0 Å². The molecule has 14 heavy (non-hydrogen) atoms. The van der Waals surface area contributed by atoms with Crippen molar-refractivity contribution in [1.82, 2.24) is 0 Å². The van der Waals surface area contributed by atoms with Crippen LogP contribution < -0.4 is 5.73 Å². The van der Waals surface area contributed by atoms with Crippen LogP contribution in [0.4, 0.5) is 5.00 Å². The third kappa shape index (κ3) is 2.65. The molecule has 1 aromatic rings. The third-order valence-electron chi connectivity index (χ3n) is 1.90. The second kappa shape index (κ2) is 4.34. The van der Waals surface area contributed by atoms with Crippen molar-refractivity contribution in [3.63, 3.8) is 0 Å². The number of hydrogen-bond acceptors (Lipinski definition) is 4. The molecular formula is C9H12N2O2S. The molecule has 1 unspecified atom stereocenters. The first kappa shape index (κ1) is 10.9. The molecule has 4 nitrogen and oxygen atoms in total. The maximum Gasteiger partial charge on any atom is 0.324 e. The number of hydrogen-bond donors (Lipinski definition) is 1. The van der Waals surface area contributed by atoms with Crippen LogP contribution >= 0.6 is 11.3 Å². The lowest BCUT2D eigenvalue weighted by Gasteiger charge is -2.03. The molecule has 0 amide bonds. The van der Waals surface area contributed by atoms with Gasteiger partial charge in [0.1, 0.15) is 0 Å². The zero-order valence-corrected chi connectivity index (χ0v) is 8.88. The zero-order chi connectivity index (χ0) is 10.7. The largest absolute Gasteiger partial charge is 0.324 e. The third-order valence-corrected chi connectivity index (χ3v) is 2.80. The molecule has 0 fully saturated rings. The Labute approximate surface area is 86.2 Å². The summed E-state index contributed by atoms with van der Waals surface area (Å²) >= 11 is 1.13. The van der Waals surface area contributed by atoms with Crippen LogP contribution in [0.2, 0.25) is 0 Å². The Morgan fingerprint density at radius 3 is 2.86 bits per heavy atom. The molecule has 2 N–H and O–H groups in total. The highest BCUT2D eigenvalue weighted by Crippen LogP contribution is 2.24. The van der Waals surface area contributed by atoms with Gasteiger partial charge in [0.15, 0.2) is 0 Å². The van der Waals surface area contributed by atoms with Gasteiger partial charge >= 0.3 is 5.00 Å². The average molecular weight is 212 g/mol. The molecule has 1 rings (SSSR count). The van der Waals surface area contributed by atoms with Crippen LogP contribution in [0.5, 0.6) is 0 Å². The van der Waals surface area contributed by atoms with Gasteiger partial charge in [0.25, 0.3) is 0 Å². The Bertz CT molecular complexity index is 369. The molecule has 0 saturated carbocycles. The lowest BCUT2D eigenvalue weighted by atomic mass is 10.1. The van der Waals surface area contributed by atoms with Crippen LogP contribution in [0.25, 0.3) is 6.08 Å². The molecule has 0 bridgehead atoms. The minimum absolute atomic E-state index is 0.0195. The van der Waals surface area contributed by atoms with E-state index < -0.39 is 0 Å². The van der Waals surface area contributed by atoms with Gasteiger partial charge < -0.3 is 5.73 Å². The molecule has 0 spiro atoms. The Hall–Kier alpha value is -1.20. The fraction of sp³-hybridized carbons (Fsp3) is 0.333. The van der Waals surface area contributed by atoms with Crippen LogP contribution in [-0.4, -0.2) is 11.0 Å². The first-order valence-electron chi connectivity index (χ1n) is 4.17. The van der Waals surface area contributed by atoms with E-state index in [2.05, 4.69) is 0 Å². The van der Waals surface area contributed by atoms with Crippen LogP contribution in [0.15, 0.2) is 17.0 Å². The highest BCUT2D eigenvalue weighted by Gasteiger charge is 2.08. The van der Waals surface area contributed by atoms with Gasteiger partial charge in [0.05, 0.1) is 4.92 Å². The van der Waals surface area contributed by atoms with Crippen LogP contribution in [0.3, 0.4) is 0 Å². The zero-order valence-electron chi connectivity index (χ0n) is 8.06. The first-order valence-corrected chi connectivity index (χ1v) is 5.05. The summed E-state index contributed by atoms with van der Waals surface area (Å²) in [5.41, 5.74) is 7.51. The molecule has 1 atom stereocenters. The fourth-order valence-electron chi connectivity index (χ4n) is 0.905. The van der Waals surface area contributed by atoms with E-state index in [1.165, 1.54) is 0 Å². The quantitative estimate of drug-likeness (QED) is 0.617. The molecule has 0 radical (unpaired) electrons. The van der Waals surface area contributed by atoms with Gasteiger partial charge in [0, 0.05) is 17.5 Å². The molecule has 0 aromatic carbocycles. The molecule has 0 aliphatic carbocycles. The van der Waals surface area contributed by atoms with Crippen molar-refractivity contribution in [3.05, 3.63) is 32.7 Å². The standard InChI is InChI=1S/C9H12N2O2S/c1-6(7(2)10)3-8-4-9(11(12)13)14-5-8/h3-5,7H,10H2,1-2H3. The molecule has 76 valence electrons. The van der Waals surface area contributed by atoms with E-state index in [9.17, 15) is 10.1 Å². The normalized spacial score (nSPS) is 14.1. The number of nitrogens with zero attached hydrogens (tertiary/aromatic N) is 1. The first-order chi connectivity index (χ1) is 6.50. The fourth-order valence-corrected chi connectivity index (χ4v) is 1.59. The molecular weight excluding hydrogens is 200 g/mol. The Kier molecular flexibility index (Phi) is 3.38. The summed E-state index contributed by atoms with van der Waals surface area (Å²) in [6, 6.07) is 1.53. The molecule has 5 heteroatoms. The van der Waals surface area contributed by atoms with E-state index in [1.54, 1.807) is 11.4 Å². The predicted molar refractivity (Wildman–Crippen MR) is 58.3 cm³/mol. The highest BCUT2D eigenvalue weighted by atomic mass is 32.1. The van der Waals surface area contributed by atoms with Gasteiger partial charge in [-0.25, -0.2) is 0 Å². The minimum Gasteiger partial charge on any atom is -0.324 e. The molecule has 1 aromatic heterocycles. The van der Waals surface area contributed by atoms with Crippen LogP contribution in [-0.2, 0) is 0 Å². The summed E-state index contributed by atoms with van der Waals surface area (Å²) in [5.74, 6) is 0. The molecule has 0 aliphatic rings. The maximum absolute atomic E-state index is 10.4. The maximum atomic E-state index is 10.4. The van der Waals surface area contributed by atoms with E-state index in [4.69, 9.17) is 5.73 Å². The van der Waals surface area contributed by atoms with Crippen molar-refractivity contribution in [2.24, 2.45) is 5.73 Å². The van der Waals surface area contributed by atoms with Crippen molar-refractivity contribution in [2.45, 2.75) is 19.9 Å². The van der Waals surface area contributed by atoms with E-state index in [1.807, 2.05) is 19.9 Å². The topological polar surface area (TPSA) is 69.2 Å². The predicted octanol–water partition coefficient (Wildman–Crippen LogP) is 2.41. The van der Waals surface area contributed by atoms with Crippen molar-refractivity contribution in [3.8, 4) is 0 Å². The number of nitrogens with two attached hydrogens (primary N) is 1. The summed E-state index contributed by atoms with van der Waals surface area (Å²) in [4.78, 5) is 10.0. The summed E-state index contributed by atoms with van der Waals surface area (Å²) < 4.78 is 0. The van der Waals surface area contributed by atoms with Crippen molar-refractivity contribution >= 4 is 22.4 Å². The Morgan fingerprint density at radius 1 is 1.79 bits per heavy atom. The Balaban J connectivity index is 2.88. The monoisotopic (exact) mass is 212 g/mol. The number of rotatable bonds is 3. The van der Waals surface area contributed by atoms with Crippen molar-refractivity contribution in [1.29, 1.82) is 0 Å². The second-order valence-electron chi connectivity index (χ2n) is 3.15. The van der Waals surface area contributed by atoms with E-state index in [-0.39, 0.29) is 16.0 Å². The van der Waals surface area contributed by atoms with Crippen LogP contribution in [0, 0.1) is 10.1 Å². The minimum atomic E-state index is -0.386. The van der Waals surface area contributed by atoms with E-state index >= 15 is 0 Å². The van der Waals surface area contributed by atoms with Gasteiger partial charge in [-0.2, -0.15) is 0 Å². The second-order valence-corrected chi connectivity index (χ2v) is 4.04. The number of nitro groups is 1. The van der Waals surface area contributed by atoms with Gasteiger partial charge in [-0.05, 0) is 19.4 Å². The summed E-state index contributed by atoms with van der Waals surface area (Å²) in [6.07, 6.45) is 1.87. The van der Waals surface area contributed by atoms with Gasteiger partial charge in [-0.15, -0.1) is 0 Å². The highest BCUT2D eigenvalue weighted by molar-refractivity contribution is 7.13. The van der Waals surface area contributed by atoms with E-state index in [0.717, 1.165) is 22.5 Å². The molecule has 1 heterocycles. The molecule has 0 aliphatic heterocycles. The number of thiophene rings is 1. The van der Waals surface area contributed by atoms with Crippen LogP contribution in [0.1, 0.15) is 19.4 Å². The summed E-state index contributed by atoms with van der Waals surface area (Å²) in [7, 11) is 0. The Morgan fingerprint density at radius 2 is 2.43 bits per heavy atom. The average Bonchev–Trinajstić information content (AvgIpc) is 2.52. The smallest absolute Gasteiger partial charge is 0.324 e. The van der Waals surface area contributed by atoms with Crippen molar-refractivity contribution in [2.75, 3.05) is 0 Å².